The molecule has 0 radical (unpaired) electrons. The summed E-state index contributed by atoms with van der Waals surface area (Å²) >= 11 is 0. The maximum atomic E-state index is 12.2. The molecule has 0 bridgehead atoms. The average Bonchev–Trinajstić information content (AvgIpc) is 2.40. The van der Waals surface area contributed by atoms with Gasteiger partial charge in [-0.1, -0.05) is 18.2 Å². The Bertz CT molecular complexity index is 538. The van der Waals surface area contributed by atoms with E-state index < -0.39 is 0 Å². The molecular formula is C14H15N3O. The van der Waals surface area contributed by atoms with Gasteiger partial charge in [0.25, 0.3) is 5.91 Å². The molecule has 0 spiro atoms. The van der Waals surface area contributed by atoms with Crippen LogP contribution in [0.4, 0.5) is 11.5 Å². The Balaban J connectivity index is 2.24. The van der Waals surface area contributed by atoms with Gasteiger partial charge in [0.15, 0.2) is 0 Å². The number of para-hydroxylation sites is 1. The van der Waals surface area contributed by atoms with Crippen molar-refractivity contribution in [3.8, 4) is 0 Å². The lowest BCUT2D eigenvalue weighted by atomic mass is 10.2. The zero-order chi connectivity index (χ0) is 13.0. The summed E-state index contributed by atoms with van der Waals surface area (Å²) < 4.78 is 0. The fourth-order valence-corrected chi connectivity index (χ4v) is 1.65. The van der Waals surface area contributed by atoms with Crippen LogP contribution < -0.4 is 10.2 Å². The van der Waals surface area contributed by atoms with Crippen LogP contribution in [0.5, 0.6) is 0 Å². The van der Waals surface area contributed by atoms with E-state index in [9.17, 15) is 4.79 Å². The summed E-state index contributed by atoms with van der Waals surface area (Å²) in [5, 5.41) is 2.85. The zero-order valence-corrected chi connectivity index (χ0v) is 10.4. The van der Waals surface area contributed by atoms with Crippen LogP contribution in [0.15, 0.2) is 48.7 Å². The molecule has 0 fully saturated rings. The first-order chi connectivity index (χ1) is 8.68. The van der Waals surface area contributed by atoms with Crippen LogP contribution in [0, 0.1) is 0 Å². The predicted molar refractivity (Wildman–Crippen MR) is 73.0 cm³/mol. The number of anilines is 2. The molecule has 1 amide bonds. The smallest absolute Gasteiger partial charge is 0.259 e. The van der Waals surface area contributed by atoms with Crippen molar-refractivity contribution < 1.29 is 4.79 Å². The third kappa shape index (κ3) is 2.66. The van der Waals surface area contributed by atoms with Gasteiger partial charge in [0.1, 0.15) is 5.82 Å². The predicted octanol–water partition coefficient (Wildman–Crippen LogP) is 2.40. The highest BCUT2D eigenvalue weighted by Crippen LogP contribution is 2.16. The van der Waals surface area contributed by atoms with E-state index in [4.69, 9.17) is 0 Å². The number of hydrogen-bond donors (Lipinski definition) is 1. The number of benzene rings is 1. The first kappa shape index (κ1) is 12.1. The molecule has 2 aromatic rings. The number of hydrogen-bond acceptors (Lipinski definition) is 3. The summed E-state index contributed by atoms with van der Waals surface area (Å²) in [4.78, 5) is 18.2. The molecule has 1 aromatic heterocycles. The monoisotopic (exact) mass is 241 g/mol. The number of nitrogens with zero attached hydrogens (tertiary/aromatic N) is 2. The van der Waals surface area contributed by atoms with Crippen molar-refractivity contribution in [3.05, 3.63) is 54.2 Å². The van der Waals surface area contributed by atoms with Gasteiger partial charge in [0.2, 0.25) is 0 Å². The number of rotatable bonds is 3. The van der Waals surface area contributed by atoms with E-state index in [0.29, 0.717) is 11.4 Å². The molecule has 0 saturated heterocycles. The van der Waals surface area contributed by atoms with Crippen molar-refractivity contribution in [2.45, 2.75) is 0 Å². The maximum absolute atomic E-state index is 12.2. The van der Waals surface area contributed by atoms with Gasteiger partial charge in [0, 0.05) is 26.0 Å². The van der Waals surface area contributed by atoms with E-state index in [0.717, 1.165) is 5.69 Å². The van der Waals surface area contributed by atoms with Gasteiger partial charge in [0.05, 0.1) is 5.56 Å². The Morgan fingerprint density at radius 3 is 2.50 bits per heavy atom. The van der Waals surface area contributed by atoms with Crippen molar-refractivity contribution >= 4 is 17.4 Å². The second-order valence-corrected chi connectivity index (χ2v) is 4.09. The minimum absolute atomic E-state index is 0.155. The second-order valence-electron chi connectivity index (χ2n) is 4.09. The maximum Gasteiger partial charge on any atom is 0.259 e. The van der Waals surface area contributed by atoms with Crippen molar-refractivity contribution in [2.75, 3.05) is 24.3 Å². The van der Waals surface area contributed by atoms with Gasteiger partial charge in [-0.15, -0.1) is 0 Å². The Morgan fingerprint density at radius 2 is 1.83 bits per heavy atom. The first-order valence-electron chi connectivity index (χ1n) is 5.67. The largest absolute Gasteiger partial charge is 0.362 e. The number of nitrogens with one attached hydrogen (secondary N) is 1. The molecule has 0 aliphatic carbocycles. The average molecular weight is 241 g/mol. The van der Waals surface area contributed by atoms with Gasteiger partial charge in [-0.25, -0.2) is 4.98 Å². The van der Waals surface area contributed by atoms with Crippen molar-refractivity contribution in [3.63, 3.8) is 0 Å². The van der Waals surface area contributed by atoms with E-state index in [1.807, 2.05) is 49.3 Å². The fourth-order valence-electron chi connectivity index (χ4n) is 1.65. The van der Waals surface area contributed by atoms with Gasteiger partial charge < -0.3 is 10.2 Å². The summed E-state index contributed by atoms with van der Waals surface area (Å²) in [7, 11) is 3.73. The first-order valence-corrected chi connectivity index (χ1v) is 5.67. The highest BCUT2D eigenvalue weighted by molar-refractivity contribution is 6.07. The van der Waals surface area contributed by atoms with Crippen LogP contribution >= 0.6 is 0 Å². The molecule has 0 aliphatic rings. The molecule has 1 heterocycles. The molecule has 0 saturated carbocycles. The van der Waals surface area contributed by atoms with Crippen LogP contribution in [0.1, 0.15) is 10.4 Å². The summed E-state index contributed by atoms with van der Waals surface area (Å²) in [6.45, 7) is 0. The normalized spacial score (nSPS) is 9.89. The van der Waals surface area contributed by atoms with Crippen LogP contribution in [0.2, 0.25) is 0 Å². The fraction of sp³-hybridized carbons (Fsp3) is 0.143. The summed E-state index contributed by atoms with van der Waals surface area (Å²) in [5.74, 6) is 0.504. The van der Waals surface area contributed by atoms with Gasteiger partial charge in [-0.05, 0) is 24.3 Å². The number of aromatic nitrogens is 1. The van der Waals surface area contributed by atoms with Crippen LogP contribution in [0.3, 0.4) is 0 Å². The van der Waals surface area contributed by atoms with Crippen LogP contribution in [-0.4, -0.2) is 25.0 Å². The third-order valence-corrected chi connectivity index (χ3v) is 2.49. The molecular weight excluding hydrogens is 226 g/mol. The summed E-state index contributed by atoms with van der Waals surface area (Å²) in [6, 6.07) is 12.9. The third-order valence-electron chi connectivity index (χ3n) is 2.49. The van der Waals surface area contributed by atoms with E-state index in [1.165, 1.54) is 0 Å². The molecule has 4 heteroatoms. The number of amides is 1. The minimum atomic E-state index is -0.155. The zero-order valence-electron chi connectivity index (χ0n) is 10.4. The van der Waals surface area contributed by atoms with Gasteiger partial charge in [-0.3, -0.25) is 4.79 Å². The van der Waals surface area contributed by atoms with Crippen molar-refractivity contribution in [2.24, 2.45) is 0 Å². The standard InChI is InChI=1S/C14H15N3O/c1-17(2)13-12(9-6-10-15-13)14(18)16-11-7-4-3-5-8-11/h3-10H,1-2H3,(H,16,18). The van der Waals surface area contributed by atoms with Crippen molar-refractivity contribution in [1.82, 2.24) is 4.98 Å². The molecule has 1 aromatic carbocycles. The van der Waals surface area contributed by atoms with Gasteiger partial charge >= 0.3 is 0 Å². The molecule has 4 nitrogen and oxygen atoms in total. The summed E-state index contributed by atoms with van der Waals surface area (Å²) in [6.07, 6.45) is 1.68. The molecule has 18 heavy (non-hydrogen) atoms. The Hall–Kier alpha value is -2.36. The second kappa shape index (κ2) is 5.31. The molecule has 0 atom stereocenters. The molecule has 0 aliphatic heterocycles. The van der Waals surface area contributed by atoms with E-state index >= 15 is 0 Å². The Morgan fingerprint density at radius 1 is 1.11 bits per heavy atom. The Labute approximate surface area is 106 Å². The lowest BCUT2D eigenvalue weighted by Crippen LogP contribution is -2.19. The SMILES string of the molecule is CN(C)c1ncccc1C(=O)Nc1ccccc1. The van der Waals surface area contributed by atoms with Gasteiger partial charge in [-0.2, -0.15) is 0 Å². The molecule has 0 unspecified atom stereocenters. The quantitative estimate of drug-likeness (QED) is 0.897. The summed E-state index contributed by atoms with van der Waals surface area (Å²) in [5.41, 5.74) is 1.34. The number of carbonyl (C=O) groups excluding carboxylic acids is 1. The highest BCUT2D eigenvalue weighted by Gasteiger charge is 2.13. The topological polar surface area (TPSA) is 45.2 Å². The lowest BCUT2D eigenvalue weighted by Gasteiger charge is -2.15. The molecule has 1 N–H and O–H groups in total. The highest BCUT2D eigenvalue weighted by atomic mass is 16.1. The van der Waals surface area contributed by atoms with E-state index in [-0.39, 0.29) is 5.91 Å². The van der Waals surface area contributed by atoms with Crippen LogP contribution in [0.25, 0.3) is 0 Å². The molecule has 92 valence electrons. The van der Waals surface area contributed by atoms with Crippen molar-refractivity contribution in [1.29, 1.82) is 0 Å². The van der Waals surface area contributed by atoms with E-state index in [1.54, 1.807) is 18.3 Å². The number of pyridine rings is 1. The van der Waals surface area contributed by atoms with Crippen LogP contribution in [-0.2, 0) is 0 Å². The Kier molecular flexibility index (Phi) is 3.57. The van der Waals surface area contributed by atoms with E-state index in [2.05, 4.69) is 10.3 Å². The number of carbonyl (C=O) groups is 1. The molecule has 2 rings (SSSR count). The minimum Gasteiger partial charge on any atom is -0.362 e. The lowest BCUT2D eigenvalue weighted by molar-refractivity contribution is 0.102.